The first-order chi connectivity index (χ1) is 4.46. The minimum Gasteiger partial charge on any atom is -0.390 e. The van der Waals surface area contributed by atoms with Gasteiger partial charge in [0.05, 0.1) is 5.60 Å². The quantitative estimate of drug-likeness (QED) is 0.550. The minimum atomic E-state index is -0.425. The Bertz CT molecular complexity index is 109. The van der Waals surface area contributed by atoms with Crippen molar-refractivity contribution in [2.45, 2.75) is 52.1 Å². The van der Waals surface area contributed by atoms with Crippen LogP contribution in [0.1, 0.15) is 46.5 Å². The molecule has 1 saturated carbocycles. The first kappa shape index (κ1) is 8.06. The van der Waals surface area contributed by atoms with Crippen LogP contribution in [0.25, 0.3) is 0 Å². The molecule has 0 aromatic heterocycles. The standard InChI is InChI=1S/C9H18O/c1-8(2)6-4-5-7-9(8,3)10/h10H,4-7H2,1-3H3/t9-/m1/s1. The SMILES string of the molecule is CC1(C)CCCC[C@@]1(C)O. The van der Waals surface area contributed by atoms with Gasteiger partial charge in [-0.3, -0.25) is 0 Å². The Morgan fingerprint density at radius 2 is 1.50 bits per heavy atom. The third-order valence-electron chi connectivity index (χ3n) is 3.17. The maximum Gasteiger partial charge on any atom is 0.0670 e. The summed E-state index contributed by atoms with van der Waals surface area (Å²) >= 11 is 0. The Morgan fingerprint density at radius 1 is 1.00 bits per heavy atom. The summed E-state index contributed by atoms with van der Waals surface area (Å²) in [6, 6.07) is 0. The van der Waals surface area contributed by atoms with Crippen molar-refractivity contribution < 1.29 is 5.11 Å². The molecule has 0 amide bonds. The molecule has 1 nitrogen and oxygen atoms in total. The van der Waals surface area contributed by atoms with Gasteiger partial charge in [0.2, 0.25) is 0 Å². The molecule has 0 spiro atoms. The zero-order valence-electron chi connectivity index (χ0n) is 7.28. The van der Waals surface area contributed by atoms with Gasteiger partial charge in [-0.1, -0.05) is 26.7 Å². The molecule has 0 unspecified atom stereocenters. The van der Waals surface area contributed by atoms with E-state index in [0.717, 1.165) is 6.42 Å². The van der Waals surface area contributed by atoms with Gasteiger partial charge in [-0.25, -0.2) is 0 Å². The van der Waals surface area contributed by atoms with Crippen molar-refractivity contribution in [2.75, 3.05) is 0 Å². The average molecular weight is 142 g/mol. The van der Waals surface area contributed by atoms with Gasteiger partial charge >= 0.3 is 0 Å². The van der Waals surface area contributed by atoms with Crippen molar-refractivity contribution >= 4 is 0 Å². The first-order valence-corrected chi connectivity index (χ1v) is 4.18. The summed E-state index contributed by atoms with van der Waals surface area (Å²) < 4.78 is 0. The van der Waals surface area contributed by atoms with Crippen LogP contribution in [0.3, 0.4) is 0 Å². The van der Waals surface area contributed by atoms with Crippen LogP contribution in [0.4, 0.5) is 0 Å². The summed E-state index contributed by atoms with van der Waals surface area (Å²) in [5.41, 5.74) is -0.295. The molecule has 0 aliphatic heterocycles. The zero-order chi connectivity index (χ0) is 7.83. The summed E-state index contributed by atoms with van der Waals surface area (Å²) in [4.78, 5) is 0. The summed E-state index contributed by atoms with van der Waals surface area (Å²) in [6.07, 6.45) is 4.61. The van der Waals surface area contributed by atoms with E-state index in [1.165, 1.54) is 19.3 Å². The molecule has 0 bridgehead atoms. The van der Waals surface area contributed by atoms with Crippen LogP contribution in [0.15, 0.2) is 0 Å². The molecule has 1 rings (SSSR count). The number of rotatable bonds is 0. The Kier molecular flexibility index (Phi) is 1.80. The number of hydrogen-bond acceptors (Lipinski definition) is 1. The molecule has 1 atom stereocenters. The molecule has 0 aromatic rings. The third-order valence-corrected chi connectivity index (χ3v) is 3.17. The highest BCUT2D eigenvalue weighted by Crippen LogP contribution is 2.43. The molecule has 1 heteroatoms. The normalized spacial score (nSPS) is 39.6. The molecule has 1 aliphatic rings. The fourth-order valence-electron chi connectivity index (χ4n) is 1.64. The predicted molar refractivity (Wildman–Crippen MR) is 42.9 cm³/mol. The molecular formula is C9H18O. The lowest BCUT2D eigenvalue weighted by Crippen LogP contribution is -2.44. The van der Waals surface area contributed by atoms with Gasteiger partial charge in [-0.2, -0.15) is 0 Å². The molecule has 0 radical (unpaired) electrons. The highest BCUT2D eigenvalue weighted by molar-refractivity contribution is 4.92. The third kappa shape index (κ3) is 1.20. The van der Waals surface area contributed by atoms with E-state index in [1.807, 2.05) is 6.92 Å². The summed E-state index contributed by atoms with van der Waals surface area (Å²) in [5, 5.41) is 9.90. The van der Waals surface area contributed by atoms with Crippen LogP contribution >= 0.6 is 0 Å². The lowest BCUT2D eigenvalue weighted by atomic mass is 9.66. The van der Waals surface area contributed by atoms with Crippen LogP contribution in [0, 0.1) is 5.41 Å². The molecule has 1 N–H and O–H groups in total. The number of aliphatic hydroxyl groups is 1. The second kappa shape index (κ2) is 2.23. The second-order valence-electron chi connectivity index (χ2n) is 4.36. The fraction of sp³-hybridized carbons (Fsp3) is 1.00. The van der Waals surface area contributed by atoms with Crippen molar-refractivity contribution in [2.24, 2.45) is 5.41 Å². The van der Waals surface area contributed by atoms with Crippen molar-refractivity contribution in [3.8, 4) is 0 Å². The maximum absolute atomic E-state index is 9.90. The Morgan fingerprint density at radius 3 is 1.80 bits per heavy atom. The van der Waals surface area contributed by atoms with Crippen molar-refractivity contribution in [3.05, 3.63) is 0 Å². The Hall–Kier alpha value is -0.0400. The molecule has 1 aliphatic carbocycles. The van der Waals surface area contributed by atoms with E-state index in [0.29, 0.717) is 0 Å². The summed E-state index contributed by atoms with van der Waals surface area (Å²) in [5.74, 6) is 0. The van der Waals surface area contributed by atoms with E-state index in [-0.39, 0.29) is 5.41 Å². The van der Waals surface area contributed by atoms with Gasteiger partial charge in [-0.05, 0) is 25.2 Å². The minimum absolute atomic E-state index is 0.130. The van der Waals surface area contributed by atoms with E-state index in [9.17, 15) is 5.11 Å². The monoisotopic (exact) mass is 142 g/mol. The van der Waals surface area contributed by atoms with E-state index >= 15 is 0 Å². The van der Waals surface area contributed by atoms with Gasteiger partial charge in [0.1, 0.15) is 0 Å². The van der Waals surface area contributed by atoms with Gasteiger partial charge < -0.3 is 5.11 Å². The molecular weight excluding hydrogens is 124 g/mol. The smallest absolute Gasteiger partial charge is 0.0670 e. The van der Waals surface area contributed by atoms with Gasteiger partial charge in [0.15, 0.2) is 0 Å². The van der Waals surface area contributed by atoms with Gasteiger partial charge in [0, 0.05) is 0 Å². The molecule has 10 heavy (non-hydrogen) atoms. The van der Waals surface area contributed by atoms with Gasteiger partial charge in [0.25, 0.3) is 0 Å². The van der Waals surface area contributed by atoms with E-state index < -0.39 is 5.60 Å². The molecule has 0 aromatic carbocycles. The topological polar surface area (TPSA) is 20.2 Å². The second-order valence-corrected chi connectivity index (χ2v) is 4.36. The highest BCUT2D eigenvalue weighted by atomic mass is 16.3. The lowest BCUT2D eigenvalue weighted by molar-refractivity contribution is -0.0812. The molecule has 0 saturated heterocycles. The Labute approximate surface area is 63.4 Å². The zero-order valence-corrected chi connectivity index (χ0v) is 7.28. The van der Waals surface area contributed by atoms with Crippen molar-refractivity contribution in [3.63, 3.8) is 0 Å². The maximum atomic E-state index is 9.90. The average Bonchev–Trinajstić information content (AvgIpc) is 1.77. The van der Waals surface area contributed by atoms with E-state index in [1.54, 1.807) is 0 Å². The van der Waals surface area contributed by atoms with E-state index in [2.05, 4.69) is 13.8 Å². The largest absolute Gasteiger partial charge is 0.390 e. The predicted octanol–water partition coefficient (Wildman–Crippen LogP) is 2.34. The molecule has 1 fully saturated rings. The Balaban J connectivity index is 2.70. The summed E-state index contributed by atoms with van der Waals surface area (Å²) in [7, 11) is 0. The van der Waals surface area contributed by atoms with Crippen LogP contribution in [0.5, 0.6) is 0 Å². The van der Waals surface area contributed by atoms with Crippen molar-refractivity contribution in [1.29, 1.82) is 0 Å². The number of hydrogen-bond donors (Lipinski definition) is 1. The summed E-state index contributed by atoms with van der Waals surface area (Å²) in [6.45, 7) is 6.28. The van der Waals surface area contributed by atoms with Crippen LogP contribution in [-0.2, 0) is 0 Å². The first-order valence-electron chi connectivity index (χ1n) is 4.18. The van der Waals surface area contributed by atoms with Crippen molar-refractivity contribution in [1.82, 2.24) is 0 Å². The van der Waals surface area contributed by atoms with Crippen LogP contribution in [0.2, 0.25) is 0 Å². The van der Waals surface area contributed by atoms with E-state index in [4.69, 9.17) is 0 Å². The lowest BCUT2D eigenvalue weighted by Gasteiger charge is -2.44. The molecule has 0 heterocycles. The highest BCUT2D eigenvalue weighted by Gasteiger charge is 2.40. The molecule has 60 valence electrons. The van der Waals surface area contributed by atoms with Gasteiger partial charge in [-0.15, -0.1) is 0 Å². The van der Waals surface area contributed by atoms with Crippen LogP contribution in [-0.4, -0.2) is 10.7 Å². The fourth-order valence-corrected chi connectivity index (χ4v) is 1.64. The van der Waals surface area contributed by atoms with Crippen LogP contribution < -0.4 is 0 Å².